The Kier molecular flexibility index (Phi) is 3.57. The Balaban J connectivity index is 2.16. The van der Waals surface area contributed by atoms with Crippen LogP contribution in [0.3, 0.4) is 0 Å². The Hall–Kier alpha value is -2.05. The van der Waals surface area contributed by atoms with Gasteiger partial charge in [-0.15, -0.1) is 0 Å². The molecule has 0 radical (unpaired) electrons. The van der Waals surface area contributed by atoms with E-state index in [1.165, 1.54) is 17.0 Å². The van der Waals surface area contributed by atoms with Crippen molar-refractivity contribution in [2.75, 3.05) is 6.61 Å². The summed E-state index contributed by atoms with van der Waals surface area (Å²) in [6.45, 7) is 1.91. The molecule has 3 aromatic rings. The van der Waals surface area contributed by atoms with E-state index in [0.29, 0.717) is 23.3 Å². The van der Waals surface area contributed by atoms with E-state index in [-0.39, 0.29) is 11.9 Å². The summed E-state index contributed by atoms with van der Waals surface area (Å²) in [4.78, 5) is 12.3. The molecule has 1 N–H and O–H groups in total. The van der Waals surface area contributed by atoms with Gasteiger partial charge in [-0.25, -0.2) is 14.4 Å². The number of rotatable bonds is 3. The molecule has 0 aliphatic heterocycles. The third kappa shape index (κ3) is 2.48. The van der Waals surface area contributed by atoms with Gasteiger partial charge in [0.15, 0.2) is 11.5 Å². The van der Waals surface area contributed by atoms with Crippen LogP contribution < -0.4 is 0 Å². The van der Waals surface area contributed by atoms with Crippen LogP contribution in [0.5, 0.6) is 0 Å². The van der Waals surface area contributed by atoms with E-state index in [0.717, 1.165) is 11.3 Å². The first-order chi connectivity index (χ1) is 10.1. The van der Waals surface area contributed by atoms with Gasteiger partial charge in [0.05, 0.1) is 5.39 Å². The van der Waals surface area contributed by atoms with Crippen LogP contribution in [0.4, 0.5) is 4.39 Å². The SMILES string of the molecule is Cc1nc(-n2cc(F)c3cnc(Cl)nc32)ccc1CCO. The summed E-state index contributed by atoms with van der Waals surface area (Å²) in [5, 5.41) is 9.33. The lowest BCUT2D eigenvalue weighted by molar-refractivity contribution is 0.299. The number of aromatic nitrogens is 4. The van der Waals surface area contributed by atoms with Gasteiger partial charge in [-0.3, -0.25) is 4.57 Å². The summed E-state index contributed by atoms with van der Waals surface area (Å²) in [6.07, 6.45) is 3.19. The molecule has 3 rings (SSSR count). The molecule has 0 aliphatic rings. The standard InChI is InChI=1S/C14H12ClFN4O/c1-8-9(4-5-21)2-3-12(18-8)20-7-11(16)10-6-17-14(15)19-13(10)20/h2-3,6-7,21H,4-5H2,1H3. The molecule has 21 heavy (non-hydrogen) atoms. The zero-order chi connectivity index (χ0) is 15.0. The van der Waals surface area contributed by atoms with Crippen molar-refractivity contribution >= 4 is 22.6 Å². The first kappa shape index (κ1) is 13.9. The molecule has 5 nitrogen and oxygen atoms in total. The van der Waals surface area contributed by atoms with Crippen molar-refractivity contribution in [3.8, 4) is 5.82 Å². The van der Waals surface area contributed by atoms with E-state index in [1.807, 2.05) is 13.0 Å². The molecule has 0 bridgehead atoms. The number of pyridine rings is 1. The van der Waals surface area contributed by atoms with Crippen molar-refractivity contribution in [3.63, 3.8) is 0 Å². The molecule has 0 spiro atoms. The molecule has 3 aromatic heterocycles. The Bertz CT molecular complexity index is 818. The quantitative estimate of drug-likeness (QED) is 0.755. The van der Waals surface area contributed by atoms with E-state index in [4.69, 9.17) is 16.7 Å². The van der Waals surface area contributed by atoms with Gasteiger partial charge in [-0.05, 0) is 36.6 Å². The zero-order valence-corrected chi connectivity index (χ0v) is 12.0. The van der Waals surface area contributed by atoms with Crippen molar-refractivity contribution in [2.24, 2.45) is 0 Å². The lowest BCUT2D eigenvalue weighted by atomic mass is 10.1. The second kappa shape index (κ2) is 5.38. The molecular formula is C14H12ClFN4O. The van der Waals surface area contributed by atoms with Gasteiger partial charge < -0.3 is 5.11 Å². The summed E-state index contributed by atoms with van der Waals surface area (Å²) in [7, 11) is 0. The smallest absolute Gasteiger partial charge is 0.224 e. The van der Waals surface area contributed by atoms with Crippen LogP contribution in [0.25, 0.3) is 16.9 Å². The first-order valence-corrected chi connectivity index (χ1v) is 6.75. The van der Waals surface area contributed by atoms with Gasteiger partial charge in [-0.1, -0.05) is 6.07 Å². The minimum absolute atomic E-state index is 0.0514. The average Bonchev–Trinajstić information content (AvgIpc) is 2.78. The number of nitrogens with zero attached hydrogens (tertiary/aromatic N) is 4. The van der Waals surface area contributed by atoms with Gasteiger partial charge in [0.2, 0.25) is 5.28 Å². The highest BCUT2D eigenvalue weighted by molar-refractivity contribution is 6.28. The van der Waals surface area contributed by atoms with Crippen molar-refractivity contribution in [3.05, 3.63) is 46.9 Å². The number of hydrogen-bond acceptors (Lipinski definition) is 4. The van der Waals surface area contributed by atoms with Crippen LogP contribution >= 0.6 is 11.6 Å². The van der Waals surface area contributed by atoms with Crippen molar-refractivity contribution in [1.29, 1.82) is 0 Å². The Morgan fingerprint density at radius 3 is 2.86 bits per heavy atom. The third-order valence-electron chi connectivity index (χ3n) is 3.28. The van der Waals surface area contributed by atoms with Crippen molar-refractivity contribution in [2.45, 2.75) is 13.3 Å². The molecule has 0 atom stereocenters. The van der Waals surface area contributed by atoms with Gasteiger partial charge in [0.25, 0.3) is 0 Å². The summed E-state index contributed by atoms with van der Waals surface area (Å²) < 4.78 is 15.5. The lowest BCUT2D eigenvalue weighted by Gasteiger charge is -2.08. The molecule has 108 valence electrons. The van der Waals surface area contributed by atoms with Crippen LogP contribution in [0.1, 0.15) is 11.3 Å². The van der Waals surface area contributed by atoms with E-state index >= 15 is 0 Å². The number of aliphatic hydroxyl groups excluding tert-OH is 1. The van der Waals surface area contributed by atoms with E-state index in [9.17, 15) is 4.39 Å². The number of hydrogen-bond donors (Lipinski definition) is 1. The van der Waals surface area contributed by atoms with Crippen LogP contribution in [0.15, 0.2) is 24.5 Å². The van der Waals surface area contributed by atoms with Crippen LogP contribution in [0.2, 0.25) is 5.28 Å². The minimum atomic E-state index is -0.430. The third-order valence-corrected chi connectivity index (χ3v) is 3.46. The highest BCUT2D eigenvalue weighted by Gasteiger charge is 2.13. The van der Waals surface area contributed by atoms with Crippen LogP contribution in [-0.2, 0) is 6.42 Å². The maximum atomic E-state index is 13.9. The molecular weight excluding hydrogens is 295 g/mol. The second-order valence-electron chi connectivity index (χ2n) is 4.61. The van der Waals surface area contributed by atoms with Gasteiger partial charge in [-0.2, -0.15) is 4.98 Å². The zero-order valence-electron chi connectivity index (χ0n) is 11.2. The highest BCUT2D eigenvalue weighted by atomic mass is 35.5. The molecule has 0 unspecified atom stereocenters. The minimum Gasteiger partial charge on any atom is -0.396 e. The number of aliphatic hydroxyl groups is 1. The average molecular weight is 307 g/mol. The molecule has 7 heteroatoms. The molecule has 0 amide bonds. The lowest BCUT2D eigenvalue weighted by Crippen LogP contribution is -2.02. The Morgan fingerprint density at radius 1 is 1.33 bits per heavy atom. The number of aryl methyl sites for hydroxylation is 1. The van der Waals surface area contributed by atoms with Gasteiger partial charge in [0, 0.05) is 24.7 Å². The first-order valence-electron chi connectivity index (χ1n) is 6.37. The van der Waals surface area contributed by atoms with Gasteiger partial charge in [0.1, 0.15) is 5.82 Å². The molecule has 0 saturated carbocycles. The Labute approximate surface area is 125 Å². The monoisotopic (exact) mass is 306 g/mol. The fraction of sp³-hybridized carbons (Fsp3) is 0.214. The van der Waals surface area contributed by atoms with Crippen LogP contribution in [-0.4, -0.2) is 31.2 Å². The summed E-state index contributed by atoms with van der Waals surface area (Å²) in [5.74, 6) is 0.110. The molecule has 0 fully saturated rings. The Morgan fingerprint density at radius 2 is 2.14 bits per heavy atom. The molecule has 0 aliphatic carbocycles. The van der Waals surface area contributed by atoms with Crippen LogP contribution in [0, 0.1) is 12.7 Å². The fourth-order valence-electron chi connectivity index (χ4n) is 2.22. The maximum absolute atomic E-state index is 13.9. The summed E-state index contributed by atoms with van der Waals surface area (Å²) >= 11 is 5.78. The topological polar surface area (TPSA) is 63.8 Å². The number of halogens is 2. The van der Waals surface area contributed by atoms with E-state index in [2.05, 4.69) is 15.0 Å². The number of fused-ring (bicyclic) bond motifs is 1. The fourth-order valence-corrected chi connectivity index (χ4v) is 2.35. The van der Waals surface area contributed by atoms with Gasteiger partial charge >= 0.3 is 0 Å². The summed E-state index contributed by atoms with van der Waals surface area (Å²) in [5.41, 5.74) is 2.10. The molecule has 0 saturated heterocycles. The normalized spacial score (nSPS) is 11.2. The van der Waals surface area contributed by atoms with Crippen molar-refractivity contribution < 1.29 is 9.50 Å². The summed E-state index contributed by atoms with van der Waals surface area (Å²) in [6, 6.07) is 3.62. The van der Waals surface area contributed by atoms with Crippen molar-refractivity contribution in [1.82, 2.24) is 19.5 Å². The largest absolute Gasteiger partial charge is 0.396 e. The maximum Gasteiger partial charge on any atom is 0.224 e. The predicted molar refractivity (Wildman–Crippen MR) is 77.2 cm³/mol. The second-order valence-corrected chi connectivity index (χ2v) is 4.95. The molecule has 0 aromatic carbocycles. The van der Waals surface area contributed by atoms with E-state index < -0.39 is 5.82 Å². The predicted octanol–water partition coefficient (Wildman–Crippen LogP) is 2.45. The highest BCUT2D eigenvalue weighted by Crippen LogP contribution is 2.22. The molecule has 3 heterocycles. The van der Waals surface area contributed by atoms with E-state index in [1.54, 1.807) is 6.07 Å².